The lowest BCUT2D eigenvalue weighted by Crippen LogP contribution is -2.33. The summed E-state index contributed by atoms with van der Waals surface area (Å²) in [6.45, 7) is 10.2. The standard InChI is InChI=1S/C32H38O4/c1-31(2)16-17-32(3,4)28-21-25(12-14-27(28)31)26-20-24(22-8-10-23(11-9-22)30(34)35)13-15-29(26)36-19-7-5-6-18-33/h8-15,20-21,33H,5-7,16-19H2,1-4H3,(H,34,35). The first-order valence-corrected chi connectivity index (χ1v) is 13.0. The molecule has 4 rings (SSSR count). The number of carbonyl (C=O) groups is 1. The first kappa shape index (κ1) is 26.0. The van der Waals surface area contributed by atoms with E-state index in [0.717, 1.165) is 53.7 Å². The molecule has 1 aliphatic rings. The number of aromatic carboxylic acids is 1. The maximum Gasteiger partial charge on any atom is 0.335 e. The number of unbranched alkanes of at least 4 members (excludes halogenated alkanes) is 2. The van der Waals surface area contributed by atoms with Crippen LogP contribution in [0.3, 0.4) is 0 Å². The lowest BCUT2D eigenvalue weighted by Gasteiger charge is -2.42. The summed E-state index contributed by atoms with van der Waals surface area (Å²) in [5.41, 5.74) is 7.53. The smallest absolute Gasteiger partial charge is 0.335 e. The second kappa shape index (κ2) is 10.5. The zero-order chi connectivity index (χ0) is 25.9. The fourth-order valence-corrected chi connectivity index (χ4v) is 5.20. The van der Waals surface area contributed by atoms with Crippen LogP contribution >= 0.6 is 0 Å². The molecular formula is C32H38O4. The molecular weight excluding hydrogens is 448 g/mol. The van der Waals surface area contributed by atoms with Crippen molar-refractivity contribution in [1.82, 2.24) is 0 Å². The predicted molar refractivity (Wildman–Crippen MR) is 146 cm³/mol. The van der Waals surface area contributed by atoms with Gasteiger partial charge in [-0.25, -0.2) is 4.79 Å². The molecule has 0 aliphatic heterocycles. The van der Waals surface area contributed by atoms with Gasteiger partial charge in [-0.2, -0.15) is 0 Å². The van der Waals surface area contributed by atoms with Gasteiger partial charge in [-0.1, -0.05) is 64.1 Å². The molecule has 190 valence electrons. The lowest BCUT2D eigenvalue weighted by atomic mass is 9.63. The number of hydrogen-bond acceptors (Lipinski definition) is 3. The SMILES string of the molecule is CC1(C)CCC(C)(C)c2cc(-c3cc(-c4ccc(C(=O)O)cc4)ccc3OCCCCCO)ccc21. The van der Waals surface area contributed by atoms with Crippen molar-refractivity contribution in [1.29, 1.82) is 0 Å². The van der Waals surface area contributed by atoms with E-state index in [1.807, 2.05) is 24.3 Å². The maximum absolute atomic E-state index is 11.3. The van der Waals surface area contributed by atoms with E-state index in [1.54, 1.807) is 12.1 Å². The molecule has 2 N–H and O–H groups in total. The number of ether oxygens (including phenoxy) is 1. The molecule has 0 spiro atoms. The van der Waals surface area contributed by atoms with Crippen molar-refractivity contribution in [3.05, 3.63) is 77.4 Å². The Balaban J connectivity index is 1.76. The molecule has 0 aromatic heterocycles. The minimum Gasteiger partial charge on any atom is -0.493 e. The second-order valence-corrected chi connectivity index (χ2v) is 11.3. The van der Waals surface area contributed by atoms with Gasteiger partial charge in [0.25, 0.3) is 0 Å². The summed E-state index contributed by atoms with van der Waals surface area (Å²) in [5.74, 6) is -0.0792. The van der Waals surface area contributed by atoms with E-state index in [0.29, 0.717) is 6.61 Å². The molecule has 0 amide bonds. The Hall–Kier alpha value is -3.11. The van der Waals surface area contributed by atoms with Gasteiger partial charge in [0.1, 0.15) is 5.75 Å². The fraction of sp³-hybridized carbons (Fsp3) is 0.406. The number of aliphatic hydroxyl groups is 1. The summed E-state index contributed by atoms with van der Waals surface area (Å²) in [5, 5.41) is 18.3. The largest absolute Gasteiger partial charge is 0.493 e. The Kier molecular flexibility index (Phi) is 7.56. The first-order valence-electron chi connectivity index (χ1n) is 13.0. The van der Waals surface area contributed by atoms with Gasteiger partial charge >= 0.3 is 5.97 Å². The van der Waals surface area contributed by atoms with Crippen LogP contribution in [0.4, 0.5) is 0 Å². The van der Waals surface area contributed by atoms with Crippen molar-refractivity contribution < 1.29 is 19.7 Å². The van der Waals surface area contributed by atoms with Crippen LogP contribution in [-0.4, -0.2) is 29.4 Å². The zero-order valence-corrected chi connectivity index (χ0v) is 21.9. The number of aliphatic hydroxyl groups excluding tert-OH is 1. The van der Waals surface area contributed by atoms with Crippen molar-refractivity contribution in [2.24, 2.45) is 0 Å². The van der Waals surface area contributed by atoms with Crippen molar-refractivity contribution in [3.63, 3.8) is 0 Å². The molecule has 0 saturated carbocycles. The minimum atomic E-state index is -0.924. The van der Waals surface area contributed by atoms with E-state index in [-0.39, 0.29) is 23.0 Å². The van der Waals surface area contributed by atoms with Crippen LogP contribution < -0.4 is 4.74 Å². The molecule has 4 nitrogen and oxygen atoms in total. The summed E-state index contributed by atoms with van der Waals surface area (Å²) in [6, 6.07) is 20.1. The molecule has 3 aromatic carbocycles. The van der Waals surface area contributed by atoms with Gasteiger partial charge in [0.2, 0.25) is 0 Å². The van der Waals surface area contributed by atoms with Crippen LogP contribution in [0.2, 0.25) is 0 Å². The molecule has 0 saturated heterocycles. The van der Waals surface area contributed by atoms with E-state index < -0.39 is 5.97 Å². The lowest BCUT2D eigenvalue weighted by molar-refractivity contribution is 0.0697. The highest BCUT2D eigenvalue weighted by Crippen LogP contribution is 2.47. The number of carboxylic acids is 1. The Bertz CT molecular complexity index is 1220. The predicted octanol–water partition coefficient (Wildman–Crippen LogP) is 7.61. The van der Waals surface area contributed by atoms with Gasteiger partial charge in [-0.05, 0) is 95.0 Å². The number of carboxylic acid groups (broad SMARTS) is 1. The van der Waals surface area contributed by atoms with Crippen molar-refractivity contribution in [2.75, 3.05) is 13.2 Å². The highest BCUT2D eigenvalue weighted by atomic mass is 16.5. The van der Waals surface area contributed by atoms with Crippen molar-refractivity contribution in [3.8, 4) is 28.0 Å². The molecule has 0 atom stereocenters. The van der Waals surface area contributed by atoms with Crippen molar-refractivity contribution in [2.45, 2.75) is 70.6 Å². The Morgan fingerprint density at radius 3 is 2.08 bits per heavy atom. The third kappa shape index (κ3) is 5.49. The van der Waals surface area contributed by atoms with Crippen LogP contribution in [0.25, 0.3) is 22.3 Å². The second-order valence-electron chi connectivity index (χ2n) is 11.3. The topological polar surface area (TPSA) is 66.8 Å². The minimum absolute atomic E-state index is 0.108. The van der Waals surface area contributed by atoms with Crippen LogP contribution in [0.5, 0.6) is 5.75 Å². The third-order valence-electron chi connectivity index (χ3n) is 7.67. The van der Waals surface area contributed by atoms with E-state index in [1.165, 1.54) is 17.5 Å². The summed E-state index contributed by atoms with van der Waals surface area (Å²) in [4.78, 5) is 11.3. The van der Waals surface area contributed by atoms with E-state index >= 15 is 0 Å². The molecule has 4 heteroatoms. The average Bonchev–Trinajstić information content (AvgIpc) is 2.87. The monoisotopic (exact) mass is 486 g/mol. The average molecular weight is 487 g/mol. The van der Waals surface area contributed by atoms with Crippen LogP contribution in [0, 0.1) is 0 Å². The van der Waals surface area contributed by atoms with E-state index in [4.69, 9.17) is 9.84 Å². The first-order chi connectivity index (χ1) is 17.1. The van der Waals surface area contributed by atoms with E-state index in [2.05, 4.69) is 52.0 Å². The Labute approximate surface area is 215 Å². The van der Waals surface area contributed by atoms with Gasteiger partial charge < -0.3 is 14.9 Å². The highest BCUT2D eigenvalue weighted by Gasteiger charge is 2.37. The molecule has 0 unspecified atom stereocenters. The maximum atomic E-state index is 11.3. The highest BCUT2D eigenvalue weighted by molar-refractivity contribution is 5.88. The molecule has 1 aliphatic carbocycles. The summed E-state index contributed by atoms with van der Waals surface area (Å²) >= 11 is 0. The van der Waals surface area contributed by atoms with E-state index in [9.17, 15) is 9.90 Å². The van der Waals surface area contributed by atoms with Gasteiger partial charge in [0.05, 0.1) is 12.2 Å². The molecule has 0 fully saturated rings. The van der Waals surface area contributed by atoms with Gasteiger partial charge in [-0.15, -0.1) is 0 Å². The molecule has 3 aromatic rings. The van der Waals surface area contributed by atoms with Crippen molar-refractivity contribution >= 4 is 5.97 Å². The number of benzene rings is 3. The molecule has 36 heavy (non-hydrogen) atoms. The molecule has 0 heterocycles. The number of hydrogen-bond donors (Lipinski definition) is 2. The number of rotatable bonds is 9. The Morgan fingerprint density at radius 1 is 0.778 bits per heavy atom. The Morgan fingerprint density at radius 2 is 1.42 bits per heavy atom. The normalized spacial score (nSPS) is 15.8. The molecule has 0 bridgehead atoms. The van der Waals surface area contributed by atoms with Crippen LogP contribution in [0.15, 0.2) is 60.7 Å². The molecule has 0 radical (unpaired) electrons. The van der Waals surface area contributed by atoms with Gasteiger partial charge in [-0.3, -0.25) is 0 Å². The summed E-state index contributed by atoms with van der Waals surface area (Å²) in [6.07, 6.45) is 4.94. The quantitative estimate of drug-likeness (QED) is 0.305. The summed E-state index contributed by atoms with van der Waals surface area (Å²) in [7, 11) is 0. The number of fused-ring (bicyclic) bond motifs is 1. The van der Waals surface area contributed by atoms with Gasteiger partial charge in [0.15, 0.2) is 0 Å². The van der Waals surface area contributed by atoms with Crippen LogP contribution in [0.1, 0.15) is 81.3 Å². The third-order valence-corrected chi connectivity index (χ3v) is 7.67. The fourth-order valence-electron chi connectivity index (χ4n) is 5.20. The zero-order valence-electron chi connectivity index (χ0n) is 21.9. The van der Waals surface area contributed by atoms with Gasteiger partial charge in [0, 0.05) is 12.2 Å². The van der Waals surface area contributed by atoms with Crippen LogP contribution in [-0.2, 0) is 10.8 Å². The summed E-state index contributed by atoms with van der Waals surface area (Å²) < 4.78 is 6.26.